The van der Waals surface area contributed by atoms with Gasteiger partial charge in [-0.1, -0.05) is 32.8 Å². The number of rotatable bonds is 7. The molecule has 0 bridgehead atoms. The number of hydrogen-bond acceptors (Lipinski definition) is 2. The van der Waals surface area contributed by atoms with Gasteiger partial charge in [-0.05, 0) is 19.8 Å². The first-order valence-electron chi connectivity index (χ1n) is 5.33. The van der Waals surface area contributed by atoms with Crippen LogP contribution in [0.2, 0.25) is 0 Å². The lowest BCUT2D eigenvalue weighted by molar-refractivity contribution is 0.0150. The van der Waals surface area contributed by atoms with E-state index in [4.69, 9.17) is 9.84 Å². The van der Waals surface area contributed by atoms with Gasteiger partial charge in [0, 0.05) is 6.08 Å². The summed E-state index contributed by atoms with van der Waals surface area (Å²) in [5, 5.41) is 8.59. The Morgan fingerprint density at radius 3 is 2.67 bits per heavy atom. The Kier molecular flexibility index (Phi) is 6.56. The van der Waals surface area contributed by atoms with Gasteiger partial charge in [0.15, 0.2) is 0 Å². The van der Waals surface area contributed by atoms with E-state index in [9.17, 15) is 4.79 Å². The summed E-state index contributed by atoms with van der Waals surface area (Å²) < 4.78 is 4.82. The van der Waals surface area contributed by atoms with Crippen molar-refractivity contribution in [1.82, 2.24) is 0 Å². The van der Waals surface area contributed by atoms with Crippen molar-refractivity contribution in [2.75, 3.05) is 0 Å². The lowest BCUT2D eigenvalue weighted by Crippen LogP contribution is -2.28. The maximum Gasteiger partial charge on any atom is 0.506 e. The first kappa shape index (κ1) is 13.8. The maximum absolute atomic E-state index is 10.5. The van der Waals surface area contributed by atoms with Gasteiger partial charge < -0.3 is 9.84 Å². The Morgan fingerprint density at radius 1 is 1.53 bits per heavy atom. The van der Waals surface area contributed by atoms with Crippen LogP contribution in [0.5, 0.6) is 0 Å². The fourth-order valence-electron chi connectivity index (χ4n) is 1.47. The second kappa shape index (κ2) is 7.13. The summed E-state index contributed by atoms with van der Waals surface area (Å²) in [6.45, 7) is 7.32. The average Bonchev–Trinajstić information content (AvgIpc) is 2.11. The van der Waals surface area contributed by atoms with Gasteiger partial charge in [-0.2, -0.15) is 0 Å². The van der Waals surface area contributed by atoms with E-state index in [-0.39, 0.29) is 0 Å². The van der Waals surface area contributed by atoms with Crippen LogP contribution in [0.15, 0.2) is 18.4 Å². The van der Waals surface area contributed by atoms with Gasteiger partial charge in [-0.3, -0.25) is 0 Å². The van der Waals surface area contributed by atoms with Crippen LogP contribution in [-0.2, 0) is 4.74 Å². The molecule has 0 aliphatic heterocycles. The van der Waals surface area contributed by atoms with Crippen molar-refractivity contribution in [3.63, 3.8) is 0 Å². The molecule has 0 aliphatic rings. The molecule has 0 aliphatic carbocycles. The third kappa shape index (κ3) is 6.81. The van der Waals surface area contributed by atoms with Crippen molar-refractivity contribution in [1.29, 1.82) is 0 Å². The van der Waals surface area contributed by atoms with Crippen molar-refractivity contribution in [3.8, 4) is 0 Å². The van der Waals surface area contributed by atoms with E-state index in [2.05, 4.69) is 19.2 Å². The summed E-state index contributed by atoms with van der Waals surface area (Å²) in [5.74, 6) is 0. The highest BCUT2D eigenvalue weighted by atomic mass is 16.7. The minimum atomic E-state index is -1.25. The molecule has 0 amide bonds. The minimum Gasteiger partial charge on any atom is -0.450 e. The van der Waals surface area contributed by atoms with Gasteiger partial charge in [0.1, 0.15) is 5.60 Å². The highest BCUT2D eigenvalue weighted by molar-refractivity contribution is 5.57. The van der Waals surface area contributed by atoms with E-state index < -0.39 is 11.8 Å². The minimum absolute atomic E-state index is 0.682. The molecule has 0 aromatic rings. The molecule has 0 fully saturated rings. The van der Waals surface area contributed by atoms with Crippen LogP contribution in [-0.4, -0.2) is 16.9 Å². The molecule has 0 aromatic carbocycles. The van der Waals surface area contributed by atoms with Crippen molar-refractivity contribution in [3.05, 3.63) is 18.4 Å². The Morgan fingerprint density at radius 2 is 2.20 bits per heavy atom. The molecule has 1 unspecified atom stereocenters. The molecule has 0 spiro atoms. The number of ether oxygens (including phenoxy) is 1. The Balaban J connectivity index is 4.13. The van der Waals surface area contributed by atoms with Crippen LogP contribution < -0.4 is 0 Å². The van der Waals surface area contributed by atoms with E-state index in [1.54, 1.807) is 13.0 Å². The molecular formula is C12H20O3. The third-order valence-corrected chi connectivity index (χ3v) is 2.25. The molecule has 0 aromatic heterocycles. The molecule has 1 atom stereocenters. The van der Waals surface area contributed by atoms with Gasteiger partial charge in [0.25, 0.3) is 0 Å². The van der Waals surface area contributed by atoms with Gasteiger partial charge in [0.2, 0.25) is 0 Å². The molecule has 0 saturated heterocycles. The molecule has 0 rings (SSSR count). The quantitative estimate of drug-likeness (QED) is 0.397. The Labute approximate surface area is 91.4 Å². The molecule has 0 heterocycles. The van der Waals surface area contributed by atoms with Crippen LogP contribution in [0.1, 0.15) is 46.0 Å². The van der Waals surface area contributed by atoms with E-state index >= 15 is 0 Å². The van der Waals surface area contributed by atoms with Crippen molar-refractivity contribution in [2.45, 2.75) is 51.6 Å². The van der Waals surface area contributed by atoms with Gasteiger partial charge in [-0.15, -0.1) is 5.73 Å². The molecule has 0 radical (unpaired) electrons. The molecule has 15 heavy (non-hydrogen) atoms. The Bertz CT molecular complexity index is 241. The van der Waals surface area contributed by atoms with Gasteiger partial charge in [-0.25, -0.2) is 4.79 Å². The Hall–Kier alpha value is -1.21. The highest BCUT2D eigenvalue weighted by Gasteiger charge is 2.24. The molecule has 86 valence electrons. The third-order valence-electron chi connectivity index (χ3n) is 2.25. The second-order valence-corrected chi connectivity index (χ2v) is 3.84. The summed E-state index contributed by atoms with van der Waals surface area (Å²) in [6, 6.07) is 0. The predicted molar refractivity (Wildman–Crippen MR) is 60.0 cm³/mol. The lowest BCUT2D eigenvalue weighted by Gasteiger charge is -2.23. The molecular weight excluding hydrogens is 192 g/mol. The van der Waals surface area contributed by atoms with Crippen LogP contribution in [0, 0.1) is 0 Å². The highest BCUT2D eigenvalue weighted by Crippen LogP contribution is 2.21. The zero-order valence-corrected chi connectivity index (χ0v) is 9.58. The van der Waals surface area contributed by atoms with E-state index in [0.29, 0.717) is 6.42 Å². The van der Waals surface area contributed by atoms with Crippen LogP contribution in [0.3, 0.4) is 0 Å². The monoisotopic (exact) mass is 212 g/mol. The number of carboxylic acid groups (broad SMARTS) is 1. The van der Waals surface area contributed by atoms with E-state index in [1.165, 1.54) is 6.42 Å². The second-order valence-electron chi connectivity index (χ2n) is 3.84. The largest absolute Gasteiger partial charge is 0.506 e. The zero-order chi connectivity index (χ0) is 11.7. The summed E-state index contributed by atoms with van der Waals surface area (Å²) in [5.41, 5.74) is 1.81. The zero-order valence-electron chi connectivity index (χ0n) is 9.58. The fourth-order valence-corrected chi connectivity index (χ4v) is 1.47. The summed E-state index contributed by atoms with van der Waals surface area (Å²) in [6.07, 6.45) is 5.39. The van der Waals surface area contributed by atoms with Gasteiger partial charge >= 0.3 is 6.16 Å². The SMILES string of the molecule is C=C=CC(C)(CCCCCC)OC(=O)O. The first-order chi connectivity index (χ1) is 7.04. The van der Waals surface area contributed by atoms with Crippen molar-refractivity contribution in [2.24, 2.45) is 0 Å². The molecule has 0 saturated carbocycles. The fraction of sp³-hybridized carbons (Fsp3) is 0.667. The van der Waals surface area contributed by atoms with Crippen LogP contribution in [0.4, 0.5) is 4.79 Å². The lowest BCUT2D eigenvalue weighted by atomic mass is 9.97. The standard InChI is InChI=1S/C12H20O3/c1-4-6-7-8-10-12(3,9-5-2)15-11(13)14/h9H,2,4,6-8,10H2,1,3H3,(H,13,14). The van der Waals surface area contributed by atoms with Crippen molar-refractivity contribution >= 4 is 6.16 Å². The topological polar surface area (TPSA) is 46.5 Å². The summed E-state index contributed by atoms with van der Waals surface area (Å²) in [7, 11) is 0. The maximum atomic E-state index is 10.5. The molecule has 3 nitrogen and oxygen atoms in total. The normalized spacial score (nSPS) is 13.7. The molecule has 1 N–H and O–H groups in total. The van der Waals surface area contributed by atoms with E-state index in [0.717, 1.165) is 19.3 Å². The van der Waals surface area contributed by atoms with E-state index in [1.807, 2.05) is 0 Å². The average molecular weight is 212 g/mol. The number of hydrogen-bond donors (Lipinski definition) is 1. The molecule has 3 heteroatoms. The smallest absolute Gasteiger partial charge is 0.450 e. The number of carbonyl (C=O) groups is 1. The summed E-state index contributed by atoms with van der Waals surface area (Å²) in [4.78, 5) is 10.5. The number of unbranched alkanes of at least 4 members (excludes halogenated alkanes) is 3. The predicted octanol–water partition coefficient (Wildman–Crippen LogP) is 3.75. The van der Waals surface area contributed by atoms with Crippen molar-refractivity contribution < 1.29 is 14.6 Å². The van der Waals surface area contributed by atoms with Crippen LogP contribution >= 0.6 is 0 Å². The summed E-state index contributed by atoms with van der Waals surface area (Å²) >= 11 is 0. The van der Waals surface area contributed by atoms with Crippen LogP contribution in [0.25, 0.3) is 0 Å². The first-order valence-corrected chi connectivity index (χ1v) is 5.33. The van der Waals surface area contributed by atoms with Gasteiger partial charge in [0.05, 0.1) is 0 Å².